The zero-order valence-corrected chi connectivity index (χ0v) is 21.9. The summed E-state index contributed by atoms with van der Waals surface area (Å²) in [6, 6.07) is 12.3. The van der Waals surface area contributed by atoms with Crippen molar-refractivity contribution in [3.05, 3.63) is 81.4 Å². The van der Waals surface area contributed by atoms with Gasteiger partial charge in [0.05, 0.1) is 0 Å². The lowest BCUT2D eigenvalue weighted by molar-refractivity contribution is 0.583. The third kappa shape index (κ3) is 6.58. The maximum atomic E-state index is 2.48. The topological polar surface area (TPSA) is 0 Å². The molecule has 0 spiro atoms. The summed E-state index contributed by atoms with van der Waals surface area (Å²) < 4.78 is 0. The normalized spacial score (nSPS) is 13.7. The van der Waals surface area contributed by atoms with E-state index in [9.17, 15) is 0 Å². The maximum absolute atomic E-state index is 2.48. The molecule has 0 aromatic heterocycles. The average Bonchev–Trinajstić information content (AvgIpc) is 2.69. The van der Waals surface area contributed by atoms with Crippen molar-refractivity contribution in [2.75, 3.05) is 0 Å². The van der Waals surface area contributed by atoms with E-state index in [1.807, 2.05) is 0 Å². The van der Waals surface area contributed by atoms with Crippen LogP contribution < -0.4 is 0 Å². The molecule has 0 nitrogen and oxygen atoms in total. The lowest BCUT2D eigenvalue weighted by Gasteiger charge is -2.27. The number of hydrogen-bond donors (Lipinski definition) is 0. The number of aryl methyl sites for hydroxylation is 1. The molecule has 0 saturated carbocycles. The Kier molecular flexibility index (Phi) is 8.37. The Balaban J connectivity index is 2.62. The zero-order valence-electron chi connectivity index (χ0n) is 21.9. The standard InChI is InChI=1S/C31H46/c1-11-13-15-24-17-26(20-28(18-24)30(5,6)7)22(3)27-19-25(16-14-12-2)23(4)29(21-27)31(8,9)10/h12,14,17-22H,11,13,15-16H2,1-10H3/b14-12+. The first kappa shape index (κ1) is 25.4. The third-order valence-corrected chi connectivity index (χ3v) is 6.62. The molecule has 0 heterocycles. The Hall–Kier alpha value is -1.82. The van der Waals surface area contributed by atoms with E-state index < -0.39 is 0 Å². The van der Waals surface area contributed by atoms with Crippen LogP contribution in [0.3, 0.4) is 0 Å². The SMILES string of the molecule is C/C=C/Cc1cc(C(C)c2cc(CCCC)cc(C(C)(C)C)c2)cc(C(C)(C)C)c1C. The van der Waals surface area contributed by atoms with Gasteiger partial charge in [-0.2, -0.15) is 0 Å². The van der Waals surface area contributed by atoms with E-state index in [0.29, 0.717) is 5.92 Å². The van der Waals surface area contributed by atoms with E-state index in [1.54, 1.807) is 0 Å². The second kappa shape index (κ2) is 10.2. The van der Waals surface area contributed by atoms with Crippen molar-refractivity contribution < 1.29 is 0 Å². The largest absolute Gasteiger partial charge is 0.0913 e. The first-order chi connectivity index (χ1) is 14.4. The number of benzene rings is 2. The molecule has 0 aliphatic carbocycles. The van der Waals surface area contributed by atoms with Crippen LogP contribution in [-0.4, -0.2) is 0 Å². The molecular formula is C31H46. The van der Waals surface area contributed by atoms with E-state index in [2.05, 4.69) is 112 Å². The van der Waals surface area contributed by atoms with Gasteiger partial charge in [-0.3, -0.25) is 0 Å². The van der Waals surface area contributed by atoms with Crippen LogP contribution >= 0.6 is 0 Å². The highest BCUT2D eigenvalue weighted by Crippen LogP contribution is 2.36. The van der Waals surface area contributed by atoms with E-state index >= 15 is 0 Å². The summed E-state index contributed by atoms with van der Waals surface area (Å²) >= 11 is 0. The van der Waals surface area contributed by atoms with E-state index in [0.717, 1.165) is 6.42 Å². The quantitative estimate of drug-likeness (QED) is 0.393. The van der Waals surface area contributed by atoms with Gasteiger partial charge in [0.25, 0.3) is 0 Å². The molecule has 0 fully saturated rings. The van der Waals surface area contributed by atoms with Gasteiger partial charge >= 0.3 is 0 Å². The van der Waals surface area contributed by atoms with Crippen LogP contribution in [0.15, 0.2) is 42.5 Å². The summed E-state index contributed by atoms with van der Waals surface area (Å²) in [5.74, 6) is 0.383. The van der Waals surface area contributed by atoms with Crippen LogP contribution in [0.1, 0.15) is 120 Å². The van der Waals surface area contributed by atoms with Crippen LogP contribution in [0.2, 0.25) is 0 Å². The van der Waals surface area contributed by atoms with Gasteiger partial charge in [-0.05, 0) is 82.9 Å². The number of rotatable bonds is 7. The number of unbranched alkanes of at least 4 members (excludes halogenated alkanes) is 1. The van der Waals surface area contributed by atoms with Crippen molar-refractivity contribution >= 4 is 0 Å². The van der Waals surface area contributed by atoms with Crippen molar-refractivity contribution in [1.29, 1.82) is 0 Å². The lowest BCUT2D eigenvalue weighted by Crippen LogP contribution is -2.16. The Morgan fingerprint density at radius 2 is 1.52 bits per heavy atom. The lowest BCUT2D eigenvalue weighted by atomic mass is 9.77. The van der Waals surface area contributed by atoms with Gasteiger partial charge < -0.3 is 0 Å². The predicted octanol–water partition coefficient (Wildman–Crippen LogP) is 9.20. The first-order valence-electron chi connectivity index (χ1n) is 12.3. The fraction of sp³-hybridized carbons (Fsp3) is 0.548. The molecule has 1 atom stereocenters. The molecular weight excluding hydrogens is 372 g/mol. The van der Waals surface area contributed by atoms with Crippen LogP contribution in [-0.2, 0) is 23.7 Å². The fourth-order valence-electron chi connectivity index (χ4n) is 4.40. The van der Waals surface area contributed by atoms with E-state index in [-0.39, 0.29) is 10.8 Å². The number of hydrogen-bond acceptors (Lipinski definition) is 0. The predicted molar refractivity (Wildman–Crippen MR) is 140 cm³/mol. The molecule has 2 aromatic rings. The highest BCUT2D eigenvalue weighted by Gasteiger charge is 2.22. The smallest absolute Gasteiger partial charge is 0.00614 e. The highest BCUT2D eigenvalue weighted by atomic mass is 14.3. The fourth-order valence-corrected chi connectivity index (χ4v) is 4.40. The van der Waals surface area contributed by atoms with Gasteiger partial charge in [0.1, 0.15) is 0 Å². The molecule has 0 saturated heterocycles. The maximum Gasteiger partial charge on any atom is 0.00614 e. The molecule has 2 aromatic carbocycles. The van der Waals surface area contributed by atoms with Crippen molar-refractivity contribution in [2.45, 2.75) is 112 Å². The van der Waals surface area contributed by atoms with Crippen molar-refractivity contribution in [2.24, 2.45) is 0 Å². The second-order valence-corrected chi connectivity index (χ2v) is 11.4. The Labute approximate surface area is 193 Å². The Morgan fingerprint density at radius 1 is 0.871 bits per heavy atom. The minimum absolute atomic E-state index is 0.143. The van der Waals surface area contributed by atoms with E-state index in [1.165, 1.54) is 58.2 Å². The molecule has 0 aliphatic heterocycles. The summed E-state index contributed by atoms with van der Waals surface area (Å²) in [6.45, 7) is 23.1. The molecule has 31 heavy (non-hydrogen) atoms. The highest BCUT2D eigenvalue weighted by molar-refractivity contribution is 5.47. The Bertz CT molecular complexity index is 897. The second-order valence-electron chi connectivity index (χ2n) is 11.4. The molecule has 0 radical (unpaired) electrons. The van der Waals surface area contributed by atoms with Gasteiger partial charge in [-0.15, -0.1) is 0 Å². The molecule has 0 aliphatic rings. The summed E-state index contributed by atoms with van der Waals surface area (Å²) in [5.41, 5.74) is 10.6. The van der Waals surface area contributed by atoms with Gasteiger partial charge in [0.15, 0.2) is 0 Å². The summed E-state index contributed by atoms with van der Waals surface area (Å²) in [6.07, 6.45) is 9.13. The van der Waals surface area contributed by atoms with Crippen LogP contribution in [0.5, 0.6) is 0 Å². The summed E-state index contributed by atoms with van der Waals surface area (Å²) in [5, 5.41) is 0. The van der Waals surface area contributed by atoms with Crippen molar-refractivity contribution in [1.82, 2.24) is 0 Å². The molecule has 170 valence electrons. The average molecular weight is 419 g/mol. The number of allylic oxidation sites excluding steroid dienone is 2. The molecule has 1 unspecified atom stereocenters. The Morgan fingerprint density at radius 3 is 2.06 bits per heavy atom. The van der Waals surface area contributed by atoms with Gasteiger partial charge in [-0.25, -0.2) is 0 Å². The molecule has 0 amide bonds. The summed E-state index contributed by atoms with van der Waals surface area (Å²) in [4.78, 5) is 0. The van der Waals surface area contributed by atoms with Crippen molar-refractivity contribution in [3.63, 3.8) is 0 Å². The monoisotopic (exact) mass is 418 g/mol. The first-order valence-corrected chi connectivity index (χ1v) is 12.3. The molecule has 2 rings (SSSR count). The van der Waals surface area contributed by atoms with Gasteiger partial charge in [0, 0.05) is 5.92 Å². The molecule has 0 bridgehead atoms. The molecule has 0 heteroatoms. The minimum atomic E-state index is 0.143. The minimum Gasteiger partial charge on any atom is -0.0913 e. The molecule has 0 N–H and O–H groups in total. The van der Waals surface area contributed by atoms with Gasteiger partial charge in [-0.1, -0.05) is 104 Å². The zero-order chi connectivity index (χ0) is 23.4. The third-order valence-electron chi connectivity index (χ3n) is 6.62. The van der Waals surface area contributed by atoms with Gasteiger partial charge in [0.2, 0.25) is 0 Å². The van der Waals surface area contributed by atoms with E-state index in [4.69, 9.17) is 0 Å². The van der Waals surface area contributed by atoms with Crippen LogP contribution in [0.4, 0.5) is 0 Å². The van der Waals surface area contributed by atoms with Crippen LogP contribution in [0, 0.1) is 6.92 Å². The van der Waals surface area contributed by atoms with Crippen molar-refractivity contribution in [3.8, 4) is 0 Å². The van der Waals surface area contributed by atoms with Crippen LogP contribution in [0.25, 0.3) is 0 Å². The summed E-state index contributed by atoms with van der Waals surface area (Å²) in [7, 11) is 0.